The summed E-state index contributed by atoms with van der Waals surface area (Å²) in [5.74, 6) is 1.69. The predicted molar refractivity (Wildman–Crippen MR) is 145 cm³/mol. The summed E-state index contributed by atoms with van der Waals surface area (Å²) in [6.45, 7) is 4.06. The molecule has 1 aromatic carbocycles. The molecule has 5 rings (SSSR count). The minimum absolute atomic E-state index is 0.0154. The van der Waals surface area contributed by atoms with Gasteiger partial charge in [-0.2, -0.15) is 0 Å². The molecule has 2 aliphatic rings. The number of benzene rings is 1. The molecule has 3 aromatic rings. The number of anilines is 3. The molecule has 0 saturated carbocycles. The van der Waals surface area contributed by atoms with Crippen LogP contribution >= 0.6 is 0 Å². The highest BCUT2D eigenvalue weighted by Gasteiger charge is 2.35. The summed E-state index contributed by atoms with van der Waals surface area (Å²) in [7, 11) is 3.30. The van der Waals surface area contributed by atoms with E-state index in [4.69, 9.17) is 9.47 Å². The zero-order chi connectivity index (χ0) is 26.7. The van der Waals surface area contributed by atoms with E-state index in [1.165, 1.54) is 0 Å². The Hall–Kier alpha value is -3.76. The number of likely N-dealkylation sites (tertiary alicyclic amines) is 1. The van der Waals surface area contributed by atoms with Crippen LogP contribution in [-0.2, 0) is 10.2 Å². The number of aromatic nitrogens is 3. The maximum Gasteiger partial charge on any atom is 0.253 e. The molecule has 3 N–H and O–H groups in total. The monoisotopic (exact) mass is 518 g/mol. The van der Waals surface area contributed by atoms with E-state index in [0.29, 0.717) is 48.3 Å². The zero-order valence-corrected chi connectivity index (χ0v) is 22.0. The van der Waals surface area contributed by atoms with Crippen LogP contribution in [0.5, 0.6) is 5.75 Å². The number of methoxy groups -OCH3 is 2. The van der Waals surface area contributed by atoms with Gasteiger partial charge in [-0.3, -0.25) is 4.79 Å². The molecular formula is C28H34N6O4. The van der Waals surface area contributed by atoms with Gasteiger partial charge in [0.15, 0.2) is 0 Å². The number of carbonyl (C=O) groups is 1. The average Bonchev–Trinajstić information content (AvgIpc) is 3.12. The molecule has 1 amide bonds. The van der Waals surface area contributed by atoms with E-state index >= 15 is 0 Å². The quantitative estimate of drug-likeness (QED) is 0.431. The Labute approximate surface area is 222 Å². The standard InChI is InChI=1S/C28H34N6O4/c1-28(17-35)16-31-25-21(28)13-19(15-30-25)22-8-10-29-27(32-22)33-23-7-6-18(14-24(23)38-3)26(36)34-11-4-5-20(37-2)9-12-34/h6-8,10,13-15,20,35H,4-5,9,11-12,16-17H2,1-3H3,(H,30,31)(H,29,32,33). The van der Waals surface area contributed by atoms with Crippen molar-refractivity contribution >= 4 is 23.4 Å². The maximum atomic E-state index is 13.2. The molecule has 1 saturated heterocycles. The molecule has 0 bridgehead atoms. The van der Waals surface area contributed by atoms with Crippen molar-refractivity contribution in [2.24, 2.45) is 0 Å². The van der Waals surface area contributed by atoms with Gasteiger partial charge in [0.2, 0.25) is 5.95 Å². The van der Waals surface area contributed by atoms with Crippen LogP contribution in [0, 0.1) is 0 Å². The highest BCUT2D eigenvalue weighted by Crippen LogP contribution is 2.37. The summed E-state index contributed by atoms with van der Waals surface area (Å²) in [5, 5.41) is 16.4. The first-order valence-electron chi connectivity index (χ1n) is 12.9. The van der Waals surface area contributed by atoms with Gasteiger partial charge in [-0.05, 0) is 49.6 Å². The highest BCUT2D eigenvalue weighted by atomic mass is 16.5. The lowest BCUT2D eigenvalue weighted by atomic mass is 9.85. The number of rotatable bonds is 7. The molecule has 2 unspecified atom stereocenters. The van der Waals surface area contributed by atoms with Gasteiger partial charge in [0.1, 0.15) is 11.6 Å². The zero-order valence-electron chi connectivity index (χ0n) is 22.0. The van der Waals surface area contributed by atoms with Gasteiger partial charge >= 0.3 is 0 Å². The Balaban J connectivity index is 1.34. The normalized spacial score (nSPS) is 20.8. The van der Waals surface area contributed by atoms with E-state index in [1.807, 2.05) is 30.0 Å². The van der Waals surface area contributed by atoms with Crippen LogP contribution in [0.25, 0.3) is 11.3 Å². The van der Waals surface area contributed by atoms with E-state index in [9.17, 15) is 9.90 Å². The first-order chi connectivity index (χ1) is 18.4. The third kappa shape index (κ3) is 5.14. The molecule has 4 heterocycles. The van der Waals surface area contributed by atoms with Crippen molar-refractivity contribution in [2.45, 2.75) is 37.7 Å². The maximum absolute atomic E-state index is 13.2. The summed E-state index contributed by atoms with van der Waals surface area (Å²) in [5.41, 5.74) is 3.33. The second-order valence-electron chi connectivity index (χ2n) is 10.1. The molecule has 200 valence electrons. The van der Waals surface area contributed by atoms with Crippen molar-refractivity contribution in [2.75, 3.05) is 51.1 Å². The third-order valence-corrected chi connectivity index (χ3v) is 7.47. The van der Waals surface area contributed by atoms with E-state index in [2.05, 4.69) is 25.6 Å². The van der Waals surface area contributed by atoms with Crippen molar-refractivity contribution in [3.05, 3.63) is 53.9 Å². The van der Waals surface area contributed by atoms with Gasteiger partial charge in [0.25, 0.3) is 5.91 Å². The van der Waals surface area contributed by atoms with Gasteiger partial charge in [0.05, 0.1) is 31.2 Å². The molecule has 2 aliphatic heterocycles. The highest BCUT2D eigenvalue weighted by molar-refractivity contribution is 5.95. The van der Waals surface area contributed by atoms with Crippen molar-refractivity contribution < 1.29 is 19.4 Å². The number of hydrogen-bond acceptors (Lipinski definition) is 9. The number of hydrogen-bond donors (Lipinski definition) is 3. The second-order valence-corrected chi connectivity index (χ2v) is 10.1. The first kappa shape index (κ1) is 25.9. The first-order valence-corrected chi connectivity index (χ1v) is 12.9. The molecule has 1 fully saturated rings. The van der Waals surface area contributed by atoms with E-state index < -0.39 is 5.41 Å². The van der Waals surface area contributed by atoms with Gasteiger partial charge in [0, 0.05) is 61.2 Å². The Morgan fingerprint density at radius 3 is 2.87 bits per heavy atom. The van der Waals surface area contributed by atoms with E-state index in [0.717, 1.165) is 36.2 Å². The topological polar surface area (TPSA) is 122 Å². The number of nitrogens with one attached hydrogen (secondary N) is 2. The molecule has 0 radical (unpaired) electrons. The van der Waals surface area contributed by atoms with Crippen molar-refractivity contribution in [1.82, 2.24) is 19.9 Å². The number of amides is 1. The molecule has 2 atom stereocenters. The van der Waals surface area contributed by atoms with Crippen LogP contribution in [0.1, 0.15) is 42.1 Å². The summed E-state index contributed by atoms with van der Waals surface area (Å²) < 4.78 is 11.1. The lowest BCUT2D eigenvalue weighted by Gasteiger charge is -2.21. The summed E-state index contributed by atoms with van der Waals surface area (Å²) in [6, 6.07) is 9.20. The molecule has 0 aliphatic carbocycles. The third-order valence-electron chi connectivity index (χ3n) is 7.47. The summed E-state index contributed by atoms with van der Waals surface area (Å²) in [6.07, 6.45) is 6.36. The van der Waals surface area contributed by atoms with Crippen LogP contribution in [0.2, 0.25) is 0 Å². The van der Waals surface area contributed by atoms with Gasteiger partial charge < -0.3 is 30.1 Å². The van der Waals surface area contributed by atoms with Crippen LogP contribution in [-0.4, -0.2) is 77.4 Å². The fourth-order valence-corrected chi connectivity index (χ4v) is 5.04. The number of carbonyl (C=O) groups excluding carboxylic acids is 1. The molecule has 10 heteroatoms. The molecule has 2 aromatic heterocycles. The SMILES string of the molecule is COc1cc(C(=O)N2CCCC(OC)CC2)ccc1Nc1nccc(-c2cnc3c(c2)C(C)(CO)CN3)n1. The second kappa shape index (κ2) is 10.9. The average molecular weight is 519 g/mol. The van der Waals surface area contributed by atoms with Crippen LogP contribution in [0.15, 0.2) is 42.7 Å². The number of ether oxygens (including phenoxy) is 2. The van der Waals surface area contributed by atoms with Crippen molar-refractivity contribution in [3.8, 4) is 17.0 Å². The number of fused-ring (bicyclic) bond motifs is 1. The van der Waals surface area contributed by atoms with E-state index in [-0.39, 0.29) is 18.6 Å². The molecule has 0 spiro atoms. The largest absolute Gasteiger partial charge is 0.495 e. The summed E-state index contributed by atoms with van der Waals surface area (Å²) >= 11 is 0. The van der Waals surface area contributed by atoms with Gasteiger partial charge in [-0.15, -0.1) is 0 Å². The predicted octanol–water partition coefficient (Wildman–Crippen LogP) is 3.61. The van der Waals surface area contributed by atoms with Crippen LogP contribution in [0.3, 0.4) is 0 Å². The van der Waals surface area contributed by atoms with Gasteiger partial charge in [-0.1, -0.05) is 6.92 Å². The Morgan fingerprint density at radius 1 is 1.21 bits per heavy atom. The van der Waals surface area contributed by atoms with Crippen molar-refractivity contribution in [1.29, 1.82) is 0 Å². The lowest BCUT2D eigenvalue weighted by Crippen LogP contribution is -2.32. The fraction of sp³-hybridized carbons (Fsp3) is 0.429. The van der Waals surface area contributed by atoms with Crippen LogP contribution in [0.4, 0.5) is 17.5 Å². The minimum atomic E-state index is -0.391. The minimum Gasteiger partial charge on any atom is -0.495 e. The van der Waals surface area contributed by atoms with Crippen LogP contribution < -0.4 is 15.4 Å². The van der Waals surface area contributed by atoms with E-state index in [1.54, 1.807) is 38.7 Å². The molecular weight excluding hydrogens is 484 g/mol. The number of pyridine rings is 1. The summed E-state index contributed by atoms with van der Waals surface area (Å²) in [4.78, 5) is 28.7. The Morgan fingerprint density at radius 2 is 2.08 bits per heavy atom. The number of aliphatic hydroxyl groups excluding tert-OH is 1. The number of aliphatic hydroxyl groups is 1. The van der Waals surface area contributed by atoms with Crippen molar-refractivity contribution in [3.63, 3.8) is 0 Å². The molecule has 10 nitrogen and oxygen atoms in total. The number of nitrogens with zero attached hydrogens (tertiary/aromatic N) is 4. The smallest absolute Gasteiger partial charge is 0.253 e. The Kier molecular flexibility index (Phi) is 7.44. The Bertz CT molecular complexity index is 1320. The van der Waals surface area contributed by atoms with Gasteiger partial charge in [-0.25, -0.2) is 15.0 Å². The fourth-order valence-electron chi connectivity index (χ4n) is 5.04. The lowest BCUT2D eigenvalue weighted by molar-refractivity contribution is 0.0723. The molecule has 38 heavy (non-hydrogen) atoms.